The standard InChI is InChI=1S/C27H29N3OS.ClH/c1-19-17-20(2)25-23(18-19)28-27(32-25)30(16-15-29(3)4)26(31)24(21-11-7-5-8-12-21)22-13-9-6-10-14-22;/h5-14,17-18,24H,15-16H2,1-4H3;1H. The number of carbonyl (C=O) groups is 1. The zero-order valence-corrected chi connectivity index (χ0v) is 21.1. The fourth-order valence-electron chi connectivity index (χ4n) is 4.00. The predicted octanol–water partition coefficient (Wildman–Crippen LogP) is 6.06. The first kappa shape index (κ1) is 24.9. The van der Waals surface area contributed by atoms with Crippen LogP contribution in [-0.2, 0) is 4.79 Å². The third-order valence-electron chi connectivity index (χ3n) is 5.59. The van der Waals surface area contributed by atoms with Crippen molar-refractivity contribution in [2.75, 3.05) is 32.1 Å². The highest BCUT2D eigenvalue weighted by molar-refractivity contribution is 7.22. The first-order chi connectivity index (χ1) is 15.4. The summed E-state index contributed by atoms with van der Waals surface area (Å²) in [5, 5.41) is 0.761. The number of halogens is 1. The van der Waals surface area contributed by atoms with E-state index in [2.05, 4.69) is 30.9 Å². The molecule has 0 atom stereocenters. The number of likely N-dealkylation sites (N-methyl/N-ethyl adjacent to an activating group) is 1. The van der Waals surface area contributed by atoms with Gasteiger partial charge in [-0.15, -0.1) is 12.4 Å². The number of rotatable bonds is 7. The fraction of sp³-hybridized carbons (Fsp3) is 0.259. The summed E-state index contributed by atoms with van der Waals surface area (Å²) >= 11 is 1.60. The van der Waals surface area contributed by atoms with Gasteiger partial charge in [0.2, 0.25) is 5.91 Å². The Kier molecular flexibility index (Phi) is 8.25. The van der Waals surface area contributed by atoms with Crippen LogP contribution in [0.3, 0.4) is 0 Å². The number of benzene rings is 3. The number of thiazole rings is 1. The molecule has 1 heterocycles. The Hall–Kier alpha value is -2.73. The van der Waals surface area contributed by atoms with Crippen LogP contribution in [0.2, 0.25) is 0 Å². The molecule has 0 bridgehead atoms. The van der Waals surface area contributed by atoms with Gasteiger partial charge >= 0.3 is 0 Å². The van der Waals surface area contributed by atoms with Gasteiger partial charge in [0, 0.05) is 13.1 Å². The highest BCUT2D eigenvalue weighted by Crippen LogP contribution is 2.35. The quantitative estimate of drug-likeness (QED) is 0.323. The van der Waals surface area contributed by atoms with Gasteiger partial charge in [0.05, 0.1) is 16.1 Å². The van der Waals surface area contributed by atoms with Crippen LogP contribution in [0.1, 0.15) is 28.2 Å². The molecule has 4 aromatic rings. The smallest absolute Gasteiger partial charge is 0.240 e. The Balaban J connectivity index is 0.00000306. The van der Waals surface area contributed by atoms with Crippen molar-refractivity contribution in [2.45, 2.75) is 19.8 Å². The van der Waals surface area contributed by atoms with Crippen molar-refractivity contribution in [3.05, 3.63) is 95.1 Å². The monoisotopic (exact) mass is 479 g/mol. The number of fused-ring (bicyclic) bond motifs is 1. The molecule has 33 heavy (non-hydrogen) atoms. The summed E-state index contributed by atoms with van der Waals surface area (Å²) in [5.41, 5.74) is 5.33. The van der Waals surface area contributed by atoms with Crippen molar-refractivity contribution in [1.82, 2.24) is 9.88 Å². The molecule has 0 spiro atoms. The van der Waals surface area contributed by atoms with Crippen molar-refractivity contribution in [1.29, 1.82) is 0 Å². The minimum atomic E-state index is -0.380. The van der Waals surface area contributed by atoms with E-state index >= 15 is 0 Å². The molecule has 0 N–H and O–H groups in total. The number of amides is 1. The van der Waals surface area contributed by atoms with E-state index in [4.69, 9.17) is 4.98 Å². The van der Waals surface area contributed by atoms with E-state index in [1.807, 2.05) is 79.7 Å². The summed E-state index contributed by atoms with van der Waals surface area (Å²) in [6.45, 7) is 5.54. The van der Waals surface area contributed by atoms with Gasteiger partial charge in [-0.1, -0.05) is 78.1 Å². The molecule has 3 aromatic carbocycles. The molecular weight excluding hydrogens is 450 g/mol. The Morgan fingerprint density at radius 1 is 0.909 bits per heavy atom. The van der Waals surface area contributed by atoms with Gasteiger partial charge in [-0.25, -0.2) is 4.98 Å². The average Bonchev–Trinajstić information content (AvgIpc) is 3.19. The van der Waals surface area contributed by atoms with Gasteiger partial charge in [-0.2, -0.15) is 0 Å². The van der Waals surface area contributed by atoms with Crippen molar-refractivity contribution >= 4 is 45.0 Å². The maximum absolute atomic E-state index is 14.2. The maximum Gasteiger partial charge on any atom is 0.240 e. The summed E-state index contributed by atoms with van der Waals surface area (Å²) in [4.78, 5) is 23.0. The molecule has 4 rings (SSSR count). The zero-order chi connectivity index (χ0) is 22.7. The second kappa shape index (κ2) is 10.9. The molecule has 0 radical (unpaired) electrons. The number of hydrogen-bond acceptors (Lipinski definition) is 4. The number of nitrogens with zero attached hydrogens (tertiary/aromatic N) is 3. The number of anilines is 1. The van der Waals surface area contributed by atoms with Crippen LogP contribution in [0.5, 0.6) is 0 Å². The van der Waals surface area contributed by atoms with Crippen LogP contribution >= 0.6 is 23.7 Å². The van der Waals surface area contributed by atoms with Gasteiger partial charge < -0.3 is 4.90 Å². The summed E-state index contributed by atoms with van der Waals surface area (Å²) < 4.78 is 1.14. The van der Waals surface area contributed by atoms with Crippen LogP contribution in [0.4, 0.5) is 5.13 Å². The van der Waals surface area contributed by atoms with Crippen LogP contribution in [0.15, 0.2) is 72.8 Å². The largest absolute Gasteiger partial charge is 0.308 e. The van der Waals surface area contributed by atoms with Crippen LogP contribution < -0.4 is 4.90 Å². The molecule has 1 aromatic heterocycles. The molecule has 0 saturated heterocycles. The van der Waals surface area contributed by atoms with E-state index in [0.29, 0.717) is 6.54 Å². The van der Waals surface area contributed by atoms with Crippen molar-refractivity contribution < 1.29 is 4.79 Å². The lowest BCUT2D eigenvalue weighted by atomic mass is 9.90. The molecule has 4 nitrogen and oxygen atoms in total. The van der Waals surface area contributed by atoms with Crippen LogP contribution in [-0.4, -0.2) is 43.0 Å². The van der Waals surface area contributed by atoms with E-state index in [0.717, 1.165) is 33.0 Å². The van der Waals surface area contributed by atoms with Crippen LogP contribution in [0, 0.1) is 13.8 Å². The number of carbonyl (C=O) groups excluding carboxylic acids is 1. The Labute approximate surface area is 206 Å². The Bertz CT molecular complexity index is 1170. The molecule has 0 fully saturated rings. The molecule has 0 aliphatic heterocycles. The second-order valence-electron chi connectivity index (χ2n) is 8.47. The second-order valence-corrected chi connectivity index (χ2v) is 9.45. The van der Waals surface area contributed by atoms with Gasteiger partial charge in [0.15, 0.2) is 5.13 Å². The Morgan fingerprint density at radius 3 is 2.03 bits per heavy atom. The molecule has 0 aliphatic rings. The lowest BCUT2D eigenvalue weighted by Gasteiger charge is -2.27. The topological polar surface area (TPSA) is 36.4 Å². The minimum Gasteiger partial charge on any atom is -0.308 e. The van der Waals surface area contributed by atoms with E-state index in [9.17, 15) is 4.79 Å². The lowest BCUT2D eigenvalue weighted by Crippen LogP contribution is -2.40. The van der Waals surface area contributed by atoms with Gasteiger partial charge in [-0.05, 0) is 56.3 Å². The molecule has 6 heteroatoms. The van der Waals surface area contributed by atoms with Crippen molar-refractivity contribution in [2.24, 2.45) is 0 Å². The molecule has 0 unspecified atom stereocenters. The molecule has 172 valence electrons. The third kappa shape index (κ3) is 5.61. The van der Waals surface area contributed by atoms with E-state index in [1.165, 1.54) is 11.1 Å². The van der Waals surface area contributed by atoms with E-state index < -0.39 is 0 Å². The normalized spacial score (nSPS) is 11.1. The Morgan fingerprint density at radius 2 is 1.48 bits per heavy atom. The molecule has 0 saturated carbocycles. The number of aromatic nitrogens is 1. The van der Waals surface area contributed by atoms with Crippen molar-refractivity contribution in [3.8, 4) is 0 Å². The van der Waals surface area contributed by atoms with E-state index in [-0.39, 0.29) is 24.2 Å². The molecule has 0 aliphatic carbocycles. The first-order valence-corrected chi connectivity index (χ1v) is 11.7. The highest BCUT2D eigenvalue weighted by atomic mass is 35.5. The number of aryl methyl sites for hydroxylation is 2. The summed E-state index contributed by atoms with van der Waals surface area (Å²) in [7, 11) is 4.06. The fourth-order valence-corrected chi connectivity index (χ4v) is 5.05. The number of hydrogen-bond donors (Lipinski definition) is 0. The lowest BCUT2D eigenvalue weighted by molar-refractivity contribution is -0.119. The van der Waals surface area contributed by atoms with Gasteiger partial charge in [0.1, 0.15) is 0 Å². The summed E-state index contributed by atoms with van der Waals surface area (Å²) in [6.07, 6.45) is 0. The van der Waals surface area contributed by atoms with Gasteiger partial charge in [-0.3, -0.25) is 9.69 Å². The average molecular weight is 480 g/mol. The summed E-state index contributed by atoms with van der Waals surface area (Å²) in [6, 6.07) is 24.3. The van der Waals surface area contributed by atoms with Crippen molar-refractivity contribution in [3.63, 3.8) is 0 Å². The molecular formula is C27H30ClN3OS. The first-order valence-electron chi connectivity index (χ1n) is 10.9. The summed E-state index contributed by atoms with van der Waals surface area (Å²) in [5.74, 6) is -0.327. The van der Waals surface area contributed by atoms with Crippen LogP contribution in [0.25, 0.3) is 10.2 Å². The SMILES string of the molecule is Cc1cc(C)c2sc(N(CCN(C)C)C(=O)C(c3ccccc3)c3ccccc3)nc2c1.Cl. The van der Waals surface area contributed by atoms with Gasteiger partial charge in [0.25, 0.3) is 0 Å². The third-order valence-corrected chi connectivity index (χ3v) is 6.82. The predicted molar refractivity (Wildman–Crippen MR) is 142 cm³/mol. The molecule has 1 amide bonds. The highest BCUT2D eigenvalue weighted by Gasteiger charge is 2.30. The zero-order valence-electron chi connectivity index (χ0n) is 19.5. The minimum absolute atomic E-state index is 0. The van der Waals surface area contributed by atoms with E-state index in [1.54, 1.807) is 11.3 Å². The maximum atomic E-state index is 14.2.